The van der Waals surface area contributed by atoms with E-state index in [2.05, 4.69) is 86.9 Å². The monoisotopic (exact) mass is 373 g/mol. The number of rotatable bonds is 4. The van der Waals surface area contributed by atoms with Crippen molar-refractivity contribution in [2.45, 2.75) is 26.2 Å². The summed E-state index contributed by atoms with van der Waals surface area (Å²) in [5.74, 6) is 0. The third kappa shape index (κ3) is 3.75. The average Bonchev–Trinajstić information content (AvgIpc) is 2.40. The molecule has 19 heavy (non-hydrogen) atoms. The van der Waals surface area contributed by atoms with Crippen LogP contribution in [0, 0.1) is 0 Å². The van der Waals surface area contributed by atoms with Crippen molar-refractivity contribution >= 4 is 23.0 Å². The Labute approximate surface area is 125 Å². The molecule has 0 bridgehead atoms. The third-order valence-electron chi connectivity index (χ3n) is 3.31. The van der Waals surface area contributed by atoms with Crippen molar-refractivity contribution in [1.29, 1.82) is 0 Å². The molecule has 0 saturated carbocycles. The number of hydrogen-bond acceptors (Lipinski definition) is 0. The zero-order valence-corrected chi connectivity index (χ0v) is 15.7. The van der Waals surface area contributed by atoms with Crippen LogP contribution in [0.4, 0.5) is 0 Å². The van der Waals surface area contributed by atoms with Crippen LogP contribution in [0.15, 0.2) is 60.7 Å². The minimum absolute atomic E-state index is 0.674. The van der Waals surface area contributed by atoms with E-state index in [1.807, 2.05) is 0 Å². The van der Waals surface area contributed by atoms with Gasteiger partial charge in [0.15, 0.2) is 0 Å². The van der Waals surface area contributed by atoms with Gasteiger partial charge in [0.1, 0.15) is 0 Å². The van der Waals surface area contributed by atoms with Crippen molar-refractivity contribution < 1.29 is 15.7 Å². The van der Waals surface area contributed by atoms with Crippen LogP contribution in [0.5, 0.6) is 0 Å². The molecule has 0 nitrogen and oxygen atoms in total. The molecule has 0 aliphatic rings. The first-order valence-corrected chi connectivity index (χ1v) is 17.2. The second-order valence-corrected chi connectivity index (χ2v) is 29.1. The van der Waals surface area contributed by atoms with Crippen molar-refractivity contribution in [3.63, 3.8) is 0 Å². The second kappa shape index (κ2) is 5.86. The molecule has 0 saturated heterocycles. The van der Waals surface area contributed by atoms with Gasteiger partial charge in [-0.25, -0.2) is 0 Å². The molecule has 2 aromatic rings. The standard InChI is InChI=1S/2C8H11Si.Rh/c2*1-9(2)8-6-4-3-5-7-8;/h2*3-7H,1-2H3;. The van der Waals surface area contributed by atoms with E-state index in [0.717, 1.165) is 0 Å². The van der Waals surface area contributed by atoms with Crippen molar-refractivity contribution in [3.05, 3.63) is 60.7 Å². The number of benzene rings is 2. The van der Waals surface area contributed by atoms with Gasteiger partial charge in [-0.2, -0.15) is 0 Å². The van der Waals surface area contributed by atoms with Crippen molar-refractivity contribution in [2.24, 2.45) is 0 Å². The van der Waals surface area contributed by atoms with Crippen LogP contribution in [0.3, 0.4) is 0 Å². The van der Waals surface area contributed by atoms with E-state index >= 15 is 0 Å². The summed E-state index contributed by atoms with van der Waals surface area (Å²) in [6, 6.07) is 22.4. The SMILES string of the molecule is C[Si](C)([Rh][Si](C)(C)c1ccccc1)c1ccccc1. The molecule has 0 unspecified atom stereocenters. The van der Waals surface area contributed by atoms with Crippen LogP contribution < -0.4 is 10.4 Å². The van der Waals surface area contributed by atoms with Crippen molar-refractivity contribution in [2.75, 3.05) is 0 Å². The Kier molecular flexibility index (Phi) is 4.60. The van der Waals surface area contributed by atoms with Gasteiger partial charge in [0.25, 0.3) is 0 Å². The summed E-state index contributed by atoms with van der Waals surface area (Å²) in [5, 5.41) is 3.24. The topological polar surface area (TPSA) is 0 Å². The molecule has 0 atom stereocenters. The molecule has 0 heterocycles. The minimum atomic E-state index is -1.27. The molecule has 0 aliphatic heterocycles. The van der Waals surface area contributed by atoms with Crippen LogP contribution in [0.25, 0.3) is 0 Å². The Bertz CT molecular complexity index is 471. The molecule has 0 N–H and O–H groups in total. The second-order valence-electron chi connectivity index (χ2n) is 5.65. The maximum absolute atomic E-state index is 2.55. The van der Waals surface area contributed by atoms with Crippen LogP contribution in [-0.2, 0) is 15.7 Å². The molecule has 0 aliphatic carbocycles. The van der Waals surface area contributed by atoms with E-state index in [4.69, 9.17) is 0 Å². The van der Waals surface area contributed by atoms with Gasteiger partial charge < -0.3 is 0 Å². The van der Waals surface area contributed by atoms with E-state index in [1.54, 1.807) is 10.4 Å². The fraction of sp³-hybridized carbons (Fsp3) is 0.250. The van der Waals surface area contributed by atoms with Crippen molar-refractivity contribution in [1.82, 2.24) is 0 Å². The van der Waals surface area contributed by atoms with Crippen LogP contribution >= 0.6 is 0 Å². The zero-order valence-electron chi connectivity index (χ0n) is 12.1. The first-order chi connectivity index (χ1) is 8.92. The van der Waals surface area contributed by atoms with E-state index in [-0.39, 0.29) is 0 Å². The van der Waals surface area contributed by atoms with Gasteiger partial charge in [-0.3, -0.25) is 0 Å². The third-order valence-corrected chi connectivity index (χ3v) is 31.3. The van der Waals surface area contributed by atoms with E-state index in [1.165, 1.54) is 0 Å². The predicted octanol–water partition coefficient (Wildman–Crippen LogP) is 3.29. The fourth-order valence-electron chi connectivity index (χ4n) is 2.27. The summed E-state index contributed by atoms with van der Waals surface area (Å²) in [6.45, 7) is 10.2. The molecule has 0 radical (unpaired) electrons. The van der Waals surface area contributed by atoms with E-state index < -0.39 is 12.6 Å². The summed E-state index contributed by atoms with van der Waals surface area (Å²) >= 11 is 0.674. The molecule has 103 valence electrons. The molecule has 0 fully saturated rings. The van der Waals surface area contributed by atoms with Gasteiger partial charge in [0.05, 0.1) is 0 Å². The molecule has 0 spiro atoms. The zero-order chi connectivity index (χ0) is 13.9. The average molecular weight is 373 g/mol. The van der Waals surface area contributed by atoms with Gasteiger partial charge in [-0.05, 0) is 0 Å². The Hall–Kier alpha value is -0.503. The summed E-state index contributed by atoms with van der Waals surface area (Å²) in [5.41, 5.74) is 0. The molecular formula is C16H22RhSi2. The Morgan fingerprint density at radius 3 is 1.21 bits per heavy atom. The summed E-state index contributed by atoms with van der Waals surface area (Å²) in [6.07, 6.45) is -2.53. The van der Waals surface area contributed by atoms with Gasteiger partial charge in [-0.1, -0.05) is 0 Å². The van der Waals surface area contributed by atoms with E-state index in [9.17, 15) is 0 Å². The quantitative estimate of drug-likeness (QED) is 0.722. The fourth-order valence-corrected chi connectivity index (χ4v) is 38.1. The van der Waals surface area contributed by atoms with Crippen LogP contribution in [-0.4, -0.2) is 12.6 Å². The van der Waals surface area contributed by atoms with Gasteiger partial charge in [0, 0.05) is 0 Å². The first kappa shape index (κ1) is 14.9. The Balaban J connectivity index is 2.25. The normalized spacial score (nSPS) is 12.6. The maximum atomic E-state index is 2.55. The van der Waals surface area contributed by atoms with Gasteiger partial charge in [-0.15, -0.1) is 0 Å². The van der Waals surface area contributed by atoms with Gasteiger partial charge in [0.2, 0.25) is 0 Å². The first-order valence-electron chi connectivity index (χ1n) is 6.65. The predicted molar refractivity (Wildman–Crippen MR) is 87.1 cm³/mol. The van der Waals surface area contributed by atoms with Crippen LogP contribution in [0.2, 0.25) is 26.2 Å². The Morgan fingerprint density at radius 1 is 0.579 bits per heavy atom. The van der Waals surface area contributed by atoms with Gasteiger partial charge >= 0.3 is 126 Å². The Morgan fingerprint density at radius 2 is 0.895 bits per heavy atom. The summed E-state index contributed by atoms with van der Waals surface area (Å²) in [7, 11) is 0. The summed E-state index contributed by atoms with van der Waals surface area (Å²) < 4.78 is 0. The molecule has 0 amide bonds. The summed E-state index contributed by atoms with van der Waals surface area (Å²) in [4.78, 5) is 0. The molecular weight excluding hydrogens is 351 g/mol. The molecule has 3 heteroatoms. The molecule has 0 aromatic heterocycles. The number of hydrogen-bond donors (Lipinski definition) is 0. The van der Waals surface area contributed by atoms with Crippen LogP contribution in [0.1, 0.15) is 0 Å². The molecule has 2 aromatic carbocycles. The molecule has 2 rings (SSSR count). The van der Waals surface area contributed by atoms with E-state index in [0.29, 0.717) is 15.7 Å². The van der Waals surface area contributed by atoms with Crippen molar-refractivity contribution in [3.8, 4) is 0 Å².